The van der Waals surface area contributed by atoms with Gasteiger partial charge < -0.3 is 0 Å². The van der Waals surface area contributed by atoms with Crippen LogP contribution in [0.25, 0.3) is 0 Å². The Bertz CT molecular complexity index is 204. The largest absolute Gasteiger partial charge is 0.281 e. The van der Waals surface area contributed by atoms with Crippen molar-refractivity contribution < 1.29 is 4.79 Å². The van der Waals surface area contributed by atoms with Crippen LogP contribution in [0.2, 0.25) is 0 Å². The fraction of sp³-hybridized carbons (Fsp3) is 0.875. The molecule has 2 aliphatic carbocycles. The fourth-order valence-corrected chi connectivity index (χ4v) is 3.39. The molecular formula is C8H10Cl2O. The number of carbonyl (C=O) groups excluding carboxylic acids is 1. The van der Waals surface area contributed by atoms with Crippen LogP contribution in [0.1, 0.15) is 25.7 Å². The molecule has 0 spiro atoms. The first kappa shape index (κ1) is 7.88. The molecule has 1 nitrogen and oxygen atoms in total. The molecule has 0 aromatic heterocycles. The van der Waals surface area contributed by atoms with Crippen LogP contribution >= 0.6 is 23.2 Å². The minimum atomic E-state index is -0.340. The summed E-state index contributed by atoms with van der Waals surface area (Å²) < 4.78 is 0. The molecule has 0 saturated heterocycles. The zero-order valence-electron chi connectivity index (χ0n) is 6.15. The molecule has 62 valence electrons. The van der Waals surface area contributed by atoms with Gasteiger partial charge in [-0.05, 0) is 43.2 Å². The van der Waals surface area contributed by atoms with Gasteiger partial charge in [0.1, 0.15) is 0 Å². The van der Waals surface area contributed by atoms with Gasteiger partial charge in [-0.1, -0.05) is 0 Å². The summed E-state index contributed by atoms with van der Waals surface area (Å²) in [6.07, 6.45) is 3.97. The Morgan fingerprint density at radius 3 is 2.55 bits per heavy atom. The standard InChI is InChI=1S/C8H10Cl2O/c9-6-3-5-1-2-8(6,4-5)7(10)11/h5-6H,1-4H2. The number of alkyl halides is 1. The van der Waals surface area contributed by atoms with E-state index in [4.69, 9.17) is 23.2 Å². The molecule has 2 saturated carbocycles. The third-order valence-corrected chi connectivity index (χ3v) is 4.16. The molecule has 11 heavy (non-hydrogen) atoms. The number of halogens is 2. The molecule has 2 aliphatic rings. The lowest BCUT2D eigenvalue weighted by molar-refractivity contribution is -0.119. The second kappa shape index (κ2) is 2.37. The summed E-state index contributed by atoms with van der Waals surface area (Å²) in [7, 11) is 0. The number of hydrogen-bond acceptors (Lipinski definition) is 1. The third-order valence-electron chi connectivity index (χ3n) is 3.18. The Morgan fingerprint density at radius 1 is 1.55 bits per heavy atom. The van der Waals surface area contributed by atoms with Crippen LogP contribution in [-0.4, -0.2) is 10.6 Å². The SMILES string of the molecule is O=C(Cl)C12CCC(CC1Cl)C2. The smallest absolute Gasteiger partial charge is 0.229 e. The molecule has 0 N–H and O–H groups in total. The summed E-state index contributed by atoms with van der Waals surface area (Å²) in [6.45, 7) is 0. The van der Waals surface area contributed by atoms with Crippen LogP contribution in [0.5, 0.6) is 0 Å². The Labute approximate surface area is 76.1 Å². The maximum atomic E-state index is 11.1. The number of hydrogen-bond donors (Lipinski definition) is 0. The van der Waals surface area contributed by atoms with Gasteiger partial charge >= 0.3 is 0 Å². The predicted molar refractivity (Wildman–Crippen MR) is 44.9 cm³/mol. The molecule has 2 bridgehead atoms. The van der Waals surface area contributed by atoms with Gasteiger partial charge in [0.15, 0.2) is 0 Å². The van der Waals surface area contributed by atoms with Crippen molar-refractivity contribution in [1.82, 2.24) is 0 Å². The van der Waals surface area contributed by atoms with E-state index in [1.807, 2.05) is 0 Å². The predicted octanol–water partition coefficient (Wildman–Crippen LogP) is 2.55. The average molecular weight is 193 g/mol. The Kier molecular flexibility index (Phi) is 1.69. The van der Waals surface area contributed by atoms with Gasteiger partial charge in [0.05, 0.1) is 5.41 Å². The molecule has 0 heterocycles. The van der Waals surface area contributed by atoms with Crippen molar-refractivity contribution in [3.63, 3.8) is 0 Å². The molecule has 0 aromatic carbocycles. The average Bonchev–Trinajstić information content (AvgIpc) is 2.43. The van der Waals surface area contributed by atoms with E-state index in [2.05, 4.69) is 0 Å². The number of fused-ring (bicyclic) bond motifs is 2. The summed E-state index contributed by atoms with van der Waals surface area (Å²) in [5.74, 6) is 0.667. The zero-order chi connectivity index (χ0) is 8.06. The van der Waals surface area contributed by atoms with E-state index in [0.717, 1.165) is 25.7 Å². The molecule has 0 radical (unpaired) electrons. The number of rotatable bonds is 1. The van der Waals surface area contributed by atoms with Crippen LogP contribution in [-0.2, 0) is 4.79 Å². The molecule has 3 unspecified atom stereocenters. The van der Waals surface area contributed by atoms with E-state index in [0.29, 0.717) is 5.92 Å². The Hall–Kier alpha value is 0.250. The van der Waals surface area contributed by atoms with Gasteiger partial charge in [-0.2, -0.15) is 0 Å². The molecule has 3 atom stereocenters. The van der Waals surface area contributed by atoms with Crippen molar-refractivity contribution in [1.29, 1.82) is 0 Å². The van der Waals surface area contributed by atoms with E-state index in [-0.39, 0.29) is 16.0 Å². The van der Waals surface area contributed by atoms with Crippen LogP contribution in [0.4, 0.5) is 0 Å². The first-order chi connectivity index (χ1) is 5.15. The quantitative estimate of drug-likeness (QED) is 0.462. The summed E-state index contributed by atoms with van der Waals surface area (Å²) in [5, 5.41) is -0.205. The zero-order valence-corrected chi connectivity index (χ0v) is 7.66. The van der Waals surface area contributed by atoms with Gasteiger partial charge in [-0.3, -0.25) is 4.79 Å². The Balaban J connectivity index is 2.29. The van der Waals surface area contributed by atoms with Crippen LogP contribution in [0, 0.1) is 11.3 Å². The Morgan fingerprint density at radius 2 is 2.27 bits per heavy atom. The third kappa shape index (κ3) is 0.940. The van der Waals surface area contributed by atoms with Crippen LogP contribution in [0.3, 0.4) is 0 Å². The maximum absolute atomic E-state index is 11.1. The molecular weight excluding hydrogens is 183 g/mol. The summed E-state index contributed by atoms with van der Waals surface area (Å²) in [5.41, 5.74) is -0.340. The lowest BCUT2D eigenvalue weighted by atomic mass is 9.85. The lowest BCUT2D eigenvalue weighted by Gasteiger charge is -2.26. The fourth-order valence-electron chi connectivity index (χ4n) is 2.49. The van der Waals surface area contributed by atoms with E-state index >= 15 is 0 Å². The maximum Gasteiger partial charge on any atom is 0.229 e. The highest BCUT2D eigenvalue weighted by Gasteiger charge is 2.55. The molecule has 0 amide bonds. The van der Waals surface area contributed by atoms with Gasteiger partial charge in [-0.15, -0.1) is 11.6 Å². The molecule has 2 rings (SSSR count). The topological polar surface area (TPSA) is 17.1 Å². The highest BCUT2D eigenvalue weighted by atomic mass is 35.5. The van der Waals surface area contributed by atoms with Gasteiger partial charge in [0.2, 0.25) is 5.24 Å². The minimum absolute atomic E-state index is 0.00579. The van der Waals surface area contributed by atoms with E-state index in [9.17, 15) is 4.79 Å². The second-order valence-electron chi connectivity index (χ2n) is 3.74. The van der Waals surface area contributed by atoms with Crippen molar-refractivity contribution in [2.24, 2.45) is 11.3 Å². The van der Waals surface area contributed by atoms with E-state index < -0.39 is 0 Å². The first-order valence-corrected chi connectivity index (χ1v) is 4.80. The highest BCUT2D eigenvalue weighted by Crippen LogP contribution is 2.57. The summed E-state index contributed by atoms with van der Waals surface area (Å²) in [6, 6.07) is 0. The monoisotopic (exact) mass is 192 g/mol. The van der Waals surface area contributed by atoms with Gasteiger partial charge in [0, 0.05) is 5.38 Å². The van der Waals surface area contributed by atoms with E-state index in [1.165, 1.54) is 0 Å². The van der Waals surface area contributed by atoms with Gasteiger partial charge in [0.25, 0.3) is 0 Å². The normalized spacial score (nSPS) is 48.2. The minimum Gasteiger partial charge on any atom is -0.281 e. The number of carbonyl (C=O) groups is 1. The van der Waals surface area contributed by atoms with Crippen LogP contribution in [0.15, 0.2) is 0 Å². The molecule has 3 heteroatoms. The summed E-state index contributed by atoms with van der Waals surface area (Å²) in [4.78, 5) is 11.1. The first-order valence-electron chi connectivity index (χ1n) is 3.99. The van der Waals surface area contributed by atoms with Crippen molar-refractivity contribution in [2.75, 3.05) is 0 Å². The summed E-state index contributed by atoms with van der Waals surface area (Å²) >= 11 is 11.6. The van der Waals surface area contributed by atoms with Crippen molar-refractivity contribution in [3.05, 3.63) is 0 Å². The van der Waals surface area contributed by atoms with Crippen molar-refractivity contribution in [2.45, 2.75) is 31.1 Å². The highest BCUT2D eigenvalue weighted by molar-refractivity contribution is 6.65. The van der Waals surface area contributed by atoms with Gasteiger partial charge in [-0.25, -0.2) is 0 Å². The molecule has 0 aromatic rings. The molecule has 0 aliphatic heterocycles. The van der Waals surface area contributed by atoms with E-state index in [1.54, 1.807) is 0 Å². The second-order valence-corrected chi connectivity index (χ2v) is 4.61. The van der Waals surface area contributed by atoms with Crippen LogP contribution < -0.4 is 0 Å². The van der Waals surface area contributed by atoms with Crippen molar-refractivity contribution >= 4 is 28.4 Å². The van der Waals surface area contributed by atoms with Crippen molar-refractivity contribution in [3.8, 4) is 0 Å². The molecule has 2 fully saturated rings. The lowest BCUT2D eigenvalue weighted by Crippen LogP contribution is -2.31.